The molecule has 1 saturated heterocycles. The van der Waals surface area contributed by atoms with Crippen molar-refractivity contribution in [2.24, 2.45) is 5.92 Å². The number of nitrogens with zero attached hydrogens (tertiary/aromatic N) is 2. The molecule has 4 rings (SSSR count). The summed E-state index contributed by atoms with van der Waals surface area (Å²) < 4.78 is 43.1. The molecule has 1 aromatic heterocycles. The third-order valence-electron chi connectivity index (χ3n) is 5.94. The highest BCUT2D eigenvalue weighted by Gasteiger charge is 2.32. The van der Waals surface area contributed by atoms with Crippen molar-refractivity contribution >= 4 is 37.5 Å². The zero-order valence-corrected chi connectivity index (χ0v) is 20.1. The second-order valence-corrected chi connectivity index (χ2v) is 11.4. The van der Waals surface area contributed by atoms with E-state index in [1.165, 1.54) is 16.4 Å². The van der Waals surface area contributed by atoms with Crippen LogP contribution in [0, 0.1) is 11.7 Å². The van der Waals surface area contributed by atoms with Gasteiger partial charge in [-0.15, -0.1) is 0 Å². The fourth-order valence-corrected chi connectivity index (χ4v) is 6.73. The quantitative estimate of drug-likeness (QED) is 0.572. The average Bonchev–Trinajstić information content (AvgIpc) is 3.13. The number of fused-ring (bicyclic) bond motifs is 1. The van der Waals surface area contributed by atoms with Crippen LogP contribution in [-0.4, -0.2) is 36.3 Å². The number of sulfonamides is 1. The number of benzene rings is 2. The number of carbonyl (C=O) groups is 1. The highest BCUT2D eigenvalue weighted by atomic mass is 32.2. The standard InChI is InChI=1S/C23H26FN3O4S2/c1-15(2)27-20-8-7-19(13-21(20)32-23(27)29)33(30,31)26-11-9-17(10-12-26)22(28)25-14-16-3-5-18(24)6-4-16/h3-8,13,15,17H,9-12,14H2,1-2H3,(H,25,28). The van der Waals surface area contributed by atoms with E-state index in [4.69, 9.17) is 0 Å². The van der Waals surface area contributed by atoms with Gasteiger partial charge in [-0.25, -0.2) is 12.8 Å². The average molecular weight is 492 g/mol. The number of carbonyl (C=O) groups excluding carboxylic acids is 1. The molecule has 1 amide bonds. The predicted octanol–water partition coefficient (Wildman–Crippen LogP) is 3.50. The Balaban J connectivity index is 1.41. The van der Waals surface area contributed by atoms with Gasteiger partial charge in [0.15, 0.2) is 0 Å². The molecule has 33 heavy (non-hydrogen) atoms. The fraction of sp³-hybridized carbons (Fsp3) is 0.391. The molecule has 10 heteroatoms. The van der Waals surface area contributed by atoms with E-state index in [2.05, 4.69) is 5.32 Å². The van der Waals surface area contributed by atoms with Crippen molar-refractivity contribution in [2.75, 3.05) is 13.1 Å². The van der Waals surface area contributed by atoms with Gasteiger partial charge in [-0.1, -0.05) is 23.5 Å². The van der Waals surface area contributed by atoms with Gasteiger partial charge in [-0.05, 0) is 62.6 Å². The third-order valence-corrected chi connectivity index (χ3v) is 8.76. The predicted molar refractivity (Wildman–Crippen MR) is 126 cm³/mol. The van der Waals surface area contributed by atoms with Crippen LogP contribution in [0.4, 0.5) is 4.39 Å². The number of thiazole rings is 1. The van der Waals surface area contributed by atoms with Crippen LogP contribution < -0.4 is 10.2 Å². The van der Waals surface area contributed by atoms with Crippen molar-refractivity contribution in [2.45, 2.75) is 44.2 Å². The number of nitrogens with one attached hydrogen (secondary N) is 1. The van der Waals surface area contributed by atoms with E-state index in [1.807, 2.05) is 13.8 Å². The molecule has 176 valence electrons. The van der Waals surface area contributed by atoms with Crippen LogP contribution in [0.5, 0.6) is 0 Å². The molecule has 0 aliphatic carbocycles. The van der Waals surface area contributed by atoms with Crippen molar-refractivity contribution in [3.05, 3.63) is 63.5 Å². The zero-order valence-electron chi connectivity index (χ0n) is 18.5. The lowest BCUT2D eigenvalue weighted by Gasteiger charge is -2.30. The van der Waals surface area contributed by atoms with Gasteiger partial charge in [-0.2, -0.15) is 4.31 Å². The van der Waals surface area contributed by atoms with E-state index >= 15 is 0 Å². The van der Waals surface area contributed by atoms with Gasteiger partial charge < -0.3 is 5.32 Å². The molecule has 0 unspecified atom stereocenters. The molecule has 3 aromatic rings. The van der Waals surface area contributed by atoms with Crippen molar-refractivity contribution < 1.29 is 17.6 Å². The Hall–Kier alpha value is -2.56. The summed E-state index contributed by atoms with van der Waals surface area (Å²) in [6.07, 6.45) is 0.849. The molecule has 0 bridgehead atoms. The molecular weight excluding hydrogens is 465 g/mol. The first-order valence-electron chi connectivity index (χ1n) is 10.8. The number of hydrogen-bond acceptors (Lipinski definition) is 5. The van der Waals surface area contributed by atoms with E-state index in [9.17, 15) is 22.4 Å². The van der Waals surface area contributed by atoms with E-state index in [-0.39, 0.29) is 46.5 Å². The Morgan fingerprint density at radius 2 is 1.82 bits per heavy atom. The van der Waals surface area contributed by atoms with Gasteiger partial charge in [-0.3, -0.25) is 14.2 Å². The fourth-order valence-electron chi connectivity index (χ4n) is 4.11. The zero-order chi connectivity index (χ0) is 23.8. The van der Waals surface area contributed by atoms with E-state index in [0.717, 1.165) is 22.4 Å². The lowest BCUT2D eigenvalue weighted by atomic mass is 9.97. The molecule has 0 radical (unpaired) electrons. The minimum absolute atomic E-state index is 0.0121. The number of hydrogen-bond donors (Lipinski definition) is 1. The minimum atomic E-state index is -3.72. The second kappa shape index (κ2) is 9.36. The van der Waals surface area contributed by atoms with Gasteiger partial charge in [0.05, 0.1) is 15.1 Å². The summed E-state index contributed by atoms with van der Waals surface area (Å²) in [7, 11) is -3.72. The Kier molecular flexibility index (Phi) is 6.69. The van der Waals surface area contributed by atoms with E-state index in [1.54, 1.807) is 34.9 Å². The van der Waals surface area contributed by atoms with E-state index < -0.39 is 10.0 Å². The first-order chi connectivity index (χ1) is 15.7. The lowest BCUT2D eigenvalue weighted by molar-refractivity contribution is -0.126. The number of aromatic nitrogens is 1. The van der Waals surface area contributed by atoms with Crippen molar-refractivity contribution in [1.29, 1.82) is 0 Å². The summed E-state index contributed by atoms with van der Waals surface area (Å²) in [6, 6.07) is 10.7. The monoisotopic (exact) mass is 491 g/mol. The maximum absolute atomic E-state index is 13.2. The lowest BCUT2D eigenvalue weighted by Crippen LogP contribution is -2.42. The molecule has 1 aliphatic rings. The first-order valence-corrected chi connectivity index (χ1v) is 13.1. The summed E-state index contributed by atoms with van der Waals surface area (Å²) in [6.45, 7) is 4.63. The molecule has 0 atom stereocenters. The highest BCUT2D eigenvalue weighted by Crippen LogP contribution is 2.28. The SMILES string of the molecule is CC(C)n1c(=O)sc2cc(S(=O)(=O)N3CCC(C(=O)NCc4ccc(F)cc4)CC3)ccc21. The van der Waals surface area contributed by atoms with Crippen LogP contribution in [0.1, 0.15) is 38.3 Å². The van der Waals surface area contributed by atoms with Crippen molar-refractivity contribution in [3.8, 4) is 0 Å². The van der Waals surface area contributed by atoms with Gasteiger partial charge in [0.25, 0.3) is 0 Å². The van der Waals surface area contributed by atoms with Crippen LogP contribution in [-0.2, 0) is 21.4 Å². The maximum Gasteiger partial charge on any atom is 0.308 e. The van der Waals surface area contributed by atoms with Gasteiger partial charge in [0.1, 0.15) is 5.82 Å². The summed E-state index contributed by atoms with van der Waals surface area (Å²) in [5.41, 5.74) is 1.53. The molecule has 1 N–H and O–H groups in total. The summed E-state index contributed by atoms with van der Waals surface area (Å²) in [5, 5.41) is 2.85. The molecular formula is C23H26FN3O4S2. The number of halogens is 1. The molecule has 2 heterocycles. The summed E-state index contributed by atoms with van der Waals surface area (Å²) in [4.78, 5) is 24.8. The first kappa shape index (κ1) is 23.6. The van der Waals surface area contributed by atoms with Crippen LogP contribution in [0.3, 0.4) is 0 Å². The van der Waals surface area contributed by atoms with Gasteiger partial charge in [0, 0.05) is 31.6 Å². The molecule has 1 fully saturated rings. The van der Waals surface area contributed by atoms with E-state index in [0.29, 0.717) is 24.1 Å². The van der Waals surface area contributed by atoms with Crippen LogP contribution in [0.15, 0.2) is 52.2 Å². The smallest absolute Gasteiger partial charge is 0.308 e. The van der Waals surface area contributed by atoms with Crippen molar-refractivity contribution in [1.82, 2.24) is 14.2 Å². The van der Waals surface area contributed by atoms with Crippen molar-refractivity contribution in [3.63, 3.8) is 0 Å². The molecule has 2 aromatic carbocycles. The number of rotatable bonds is 6. The Bertz CT molecular complexity index is 1320. The number of amides is 1. The molecule has 0 saturated carbocycles. The maximum atomic E-state index is 13.2. The van der Waals surface area contributed by atoms with Crippen LogP contribution in [0.2, 0.25) is 0 Å². The number of piperidine rings is 1. The topological polar surface area (TPSA) is 88.5 Å². The third kappa shape index (κ3) is 4.87. The summed E-state index contributed by atoms with van der Waals surface area (Å²) >= 11 is 1.04. The molecule has 0 spiro atoms. The molecule has 7 nitrogen and oxygen atoms in total. The van der Waals surface area contributed by atoms with Gasteiger partial charge in [0.2, 0.25) is 15.9 Å². The summed E-state index contributed by atoms with van der Waals surface area (Å²) in [5.74, 6) is -0.730. The Morgan fingerprint density at radius 3 is 2.45 bits per heavy atom. The minimum Gasteiger partial charge on any atom is -0.352 e. The molecule has 1 aliphatic heterocycles. The van der Waals surface area contributed by atoms with Crippen LogP contribution >= 0.6 is 11.3 Å². The largest absolute Gasteiger partial charge is 0.352 e. The Morgan fingerprint density at radius 1 is 1.15 bits per heavy atom. The Labute approximate surface area is 195 Å². The van der Waals surface area contributed by atoms with Crippen LogP contribution in [0.25, 0.3) is 10.2 Å². The van der Waals surface area contributed by atoms with Gasteiger partial charge >= 0.3 is 4.87 Å². The highest BCUT2D eigenvalue weighted by molar-refractivity contribution is 7.89. The normalized spacial score (nSPS) is 15.9. The second-order valence-electron chi connectivity index (χ2n) is 8.48.